The molecule has 0 aliphatic heterocycles. The smallest absolute Gasteiger partial charge is 0.407 e. The molecule has 0 radical (unpaired) electrons. The van der Waals surface area contributed by atoms with Gasteiger partial charge >= 0.3 is 12.1 Å². The van der Waals surface area contributed by atoms with Crippen molar-refractivity contribution in [2.45, 2.75) is 64.5 Å². The molecule has 1 aliphatic carbocycles. The lowest BCUT2D eigenvalue weighted by atomic mass is 9.81. The topological polar surface area (TPSA) is 207 Å². The number of hydrogen-bond acceptors (Lipinski definition) is 10. The lowest BCUT2D eigenvalue weighted by Gasteiger charge is -2.29. The molecular weight excluding hydrogens is 682 g/mol. The molecule has 5 rings (SSSR count). The van der Waals surface area contributed by atoms with Crippen molar-refractivity contribution < 1.29 is 38.5 Å². The molecule has 0 saturated heterocycles. The number of benzene rings is 3. The van der Waals surface area contributed by atoms with Crippen molar-refractivity contribution >= 4 is 29.6 Å². The van der Waals surface area contributed by atoms with Crippen LogP contribution in [-0.4, -0.2) is 82.0 Å². The largest absolute Gasteiger partial charge is 0.496 e. The third-order valence-electron chi connectivity index (χ3n) is 8.98. The first kappa shape index (κ1) is 38.2. The number of rotatable bonds is 13. The predicted octanol–water partition coefficient (Wildman–Crippen LogP) is 5.25. The minimum Gasteiger partial charge on any atom is -0.496 e. The van der Waals surface area contributed by atoms with Crippen LogP contribution in [0.15, 0.2) is 60.7 Å². The predicted molar refractivity (Wildman–Crippen MR) is 196 cm³/mol. The maximum atomic E-state index is 13.8. The SMILES string of the molecule is COc1cc(C(=O)O)cc(OC)c1-c1ccc(C[C@H](NC(=O)C2CCC(CNC(=O)OC(C)(C)C)CC2)C(=O)Nc2ccc(-c3nn[nH]n3)cc2)cc1. The maximum absolute atomic E-state index is 13.8. The van der Waals surface area contributed by atoms with Gasteiger partial charge in [-0.05, 0) is 105 Å². The van der Waals surface area contributed by atoms with E-state index in [2.05, 4.69) is 36.6 Å². The highest BCUT2D eigenvalue weighted by Gasteiger charge is 2.30. The number of aromatic amines is 1. The summed E-state index contributed by atoms with van der Waals surface area (Å²) in [6.07, 6.45) is 2.48. The van der Waals surface area contributed by atoms with E-state index < -0.39 is 29.6 Å². The zero-order chi connectivity index (χ0) is 38.1. The van der Waals surface area contributed by atoms with E-state index in [9.17, 15) is 24.3 Å². The minimum absolute atomic E-state index is 0.0269. The zero-order valence-electron chi connectivity index (χ0n) is 30.4. The Hall–Kier alpha value is -5.99. The van der Waals surface area contributed by atoms with Gasteiger partial charge in [-0.1, -0.05) is 24.3 Å². The van der Waals surface area contributed by atoms with Gasteiger partial charge in [-0.15, -0.1) is 10.2 Å². The molecule has 0 spiro atoms. The highest BCUT2D eigenvalue weighted by atomic mass is 16.6. The second-order valence-corrected chi connectivity index (χ2v) is 13.9. The molecule has 15 nitrogen and oxygen atoms in total. The highest BCUT2D eigenvalue weighted by molar-refractivity contribution is 5.98. The molecule has 1 saturated carbocycles. The summed E-state index contributed by atoms with van der Waals surface area (Å²) in [4.78, 5) is 51.2. The number of aromatic carboxylic acids is 1. The van der Waals surface area contributed by atoms with Crippen LogP contribution >= 0.6 is 0 Å². The van der Waals surface area contributed by atoms with E-state index in [1.807, 2.05) is 45.0 Å². The van der Waals surface area contributed by atoms with Crippen molar-refractivity contribution in [3.8, 4) is 34.0 Å². The van der Waals surface area contributed by atoms with Gasteiger partial charge < -0.3 is 35.3 Å². The molecule has 1 atom stereocenters. The lowest BCUT2D eigenvalue weighted by Crippen LogP contribution is -2.48. The van der Waals surface area contributed by atoms with E-state index in [-0.39, 0.29) is 29.7 Å². The average molecular weight is 728 g/mol. The fourth-order valence-corrected chi connectivity index (χ4v) is 6.25. The van der Waals surface area contributed by atoms with Crippen LogP contribution in [0.5, 0.6) is 11.5 Å². The maximum Gasteiger partial charge on any atom is 0.407 e. The van der Waals surface area contributed by atoms with Crippen LogP contribution in [0.25, 0.3) is 22.5 Å². The summed E-state index contributed by atoms with van der Waals surface area (Å²) in [6, 6.07) is 16.3. The average Bonchev–Trinajstić information content (AvgIpc) is 3.68. The molecule has 280 valence electrons. The van der Waals surface area contributed by atoms with E-state index in [4.69, 9.17) is 14.2 Å². The van der Waals surface area contributed by atoms with Gasteiger partial charge in [0.25, 0.3) is 0 Å². The molecule has 1 heterocycles. The van der Waals surface area contributed by atoms with Crippen molar-refractivity contribution in [2.24, 2.45) is 11.8 Å². The number of nitrogens with one attached hydrogen (secondary N) is 4. The summed E-state index contributed by atoms with van der Waals surface area (Å²) < 4.78 is 16.4. The van der Waals surface area contributed by atoms with Crippen LogP contribution < -0.4 is 25.4 Å². The number of methoxy groups -OCH3 is 2. The van der Waals surface area contributed by atoms with Crippen LogP contribution in [0, 0.1) is 11.8 Å². The molecule has 0 unspecified atom stereocenters. The van der Waals surface area contributed by atoms with Gasteiger partial charge in [0.05, 0.1) is 25.3 Å². The molecular formula is C38H45N7O8. The van der Waals surface area contributed by atoms with Crippen LogP contribution in [-0.2, 0) is 20.7 Å². The molecule has 0 bridgehead atoms. The molecule has 53 heavy (non-hydrogen) atoms. The van der Waals surface area contributed by atoms with Crippen LogP contribution in [0.2, 0.25) is 0 Å². The lowest BCUT2D eigenvalue weighted by molar-refractivity contribution is -0.130. The number of carbonyl (C=O) groups excluding carboxylic acids is 3. The van der Waals surface area contributed by atoms with Crippen molar-refractivity contribution in [1.29, 1.82) is 0 Å². The van der Waals surface area contributed by atoms with Crippen molar-refractivity contribution in [1.82, 2.24) is 31.3 Å². The minimum atomic E-state index is -1.11. The van der Waals surface area contributed by atoms with E-state index in [0.717, 1.165) is 18.4 Å². The number of carboxylic acid groups (broad SMARTS) is 1. The summed E-state index contributed by atoms with van der Waals surface area (Å²) in [5.74, 6) is -0.691. The molecule has 1 fully saturated rings. The third-order valence-corrected chi connectivity index (χ3v) is 8.98. The fourth-order valence-electron chi connectivity index (χ4n) is 6.25. The quantitative estimate of drug-likeness (QED) is 0.120. The first-order chi connectivity index (χ1) is 25.3. The molecule has 4 aromatic rings. The first-order valence-electron chi connectivity index (χ1n) is 17.3. The second kappa shape index (κ2) is 17.0. The number of ether oxygens (including phenoxy) is 3. The fraction of sp³-hybridized carbons (Fsp3) is 0.395. The second-order valence-electron chi connectivity index (χ2n) is 13.9. The van der Waals surface area contributed by atoms with Crippen LogP contribution in [0.1, 0.15) is 62.4 Å². The number of H-pyrrole nitrogens is 1. The Morgan fingerprint density at radius 1 is 0.906 bits per heavy atom. The number of anilines is 1. The van der Waals surface area contributed by atoms with Gasteiger partial charge in [-0.3, -0.25) is 9.59 Å². The Kier molecular flexibility index (Phi) is 12.3. The number of alkyl carbamates (subject to hydrolysis) is 1. The summed E-state index contributed by atoms with van der Waals surface area (Å²) in [5, 5.41) is 32.2. The Bertz CT molecular complexity index is 1860. The Balaban J connectivity index is 1.29. The van der Waals surface area contributed by atoms with Crippen molar-refractivity contribution in [3.63, 3.8) is 0 Å². The first-order valence-corrected chi connectivity index (χ1v) is 17.3. The van der Waals surface area contributed by atoms with Gasteiger partial charge in [-0.25, -0.2) is 9.59 Å². The molecule has 15 heteroatoms. The molecule has 1 aromatic heterocycles. The van der Waals surface area contributed by atoms with Gasteiger partial charge in [0, 0.05) is 30.1 Å². The van der Waals surface area contributed by atoms with Gasteiger partial charge in [-0.2, -0.15) is 5.21 Å². The molecule has 3 aromatic carbocycles. The van der Waals surface area contributed by atoms with E-state index in [1.165, 1.54) is 26.4 Å². The summed E-state index contributed by atoms with van der Waals surface area (Å²) in [7, 11) is 2.91. The number of hydrogen-bond donors (Lipinski definition) is 5. The Morgan fingerprint density at radius 3 is 2.08 bits per heavy atom. The Labute approximate surface area is 307 Å². The third kappa shape index (κ3) is 10.3. The van der Waals surface area contributed by atoms with E-state index in [0.29, 0.717) is 59.1 Å². The molecule has 5 N–H and O–H groups in total. The molecule has 3 amide bonds. The van der Waals surface area contributed by atoms with Crippen molar-refractivity contribution in [3.05, 3.63) is 71.8 Å². The zero-order valence-corrected chi connectivity index (χ0v) is 30.4. The monoisotopic (exact) mass is 727 g/mol. The number of tetrazole rings is 1. The van der Waals surface area contributed by atoms with E-state index >= 15 is 0 Å². The Morgan fingerprint density at radius 2 is 1.53 bits per heavy atom. The number of carboxylic acids is 1. The van der Waals surface area contributed by atoms with Crippen molar-refractivity contribution in [2.75, 3.05) is 26.1 Å². The van der Waals surface area contributed by atoms with Gasteiger partial charge in [0.15, 0.2) is 0 Å². The number of carbonyl (C=O) groups is 4. The molecule has 1 aliphatic rings. The van der Waals surface area contributed by atoms with Crippen LogP contribution in [0.3, 0.4) is 0 Å². The summed E-state index contributed by atoms with van der Waals surface area (Å²) in [5.41, 5.74) is 2.75. The number of amides is 3. The summed E-state index contributed by atoms with van der Waals surface area (Å²) >= 11 is 0. The van der Waals surface area contributed by atoms with Gasteiger partial charge in [0.2, 0.25) is 17.6 Å². The number of aromatic nitrogens is 4. The highest BCUT2D eigenvalue weighted by Crippen LogP contribution is 2.40. The summed E-state index contributed by atoms with van der Waals surface area (Å²) in [6.45, 7) is 5.90. The van der Waals surface area contributed by atoms with E-state index in [1.54, 1.807) is 24.3 Å². The standard InChI is InChI=1S/C38H45N7O8/c1-38(2,3)53-37(50)39-21-23-8-12-26(13-9-23)34(46)41-29(35(47)40-28-16-14-25(15-17-28)33-42-44-45-43-33)18-22-6-10-24(11-7-22)32-30(51-4)19-27(36(48)49)20-31(32)52-5/h6-7,10-11,14-17,19-20,23,26,29H,8-9,12-13,18,21H2,1-5H3,(H,39,50)(H,40,47)(H,41,46)(H,48,49)(H,42,43,44,45)/t23?,26?,29-/m0/s1. The number of nitrogens with zero attached hydrogens (tertiary/aromatic N) is 3. The van der Waals surface area contributed by atoms with Gasteiger partial charge in [0.1, 0.15) is 23.1 Å². The normalized spacial score (nSPS) is 16.2. The van der Waals surface area contributed by atoms with Crippen LogP contribution in [0.4, 0.5) is 10.5 Å².